The van der Waals surface area contributed by atoms with Gasteiger partial charge in [0.2, 0.25) is 0 Å². The Balaban J connectivity index is 2.74. The number of aliphatic carboxylic acids is 1. The van der Waals surface area contributed by atoms with E-state index in [9.17, 15) is 14.7 Å². The van der Waals surface area contributed by atoms with Crippen molar-refractivity contribution in [2.75, 3.05) is 12.3 Å². The van der Waals surface area contributed by atoms with Gasteiger partial charge in [-0.25, -0.2) is 4.79 Å². The number of nitrogens with one attached hydrogen (secondary N) is 1. The minimum absolute atomic E-state index is 0.184. The van der Waals surface area contributed by atoms with Crippen molar-refractivity contribution in [2.24, 2.45) is 16.6 Å². The molecular weight excluding hydrogens is 298 g/mol. The van der Waals surface area contributed by atoms with Crippen LogP contribution in [0, 0.1) is 11.3 Å². The van der Waals surface area contributed by atoms with Gasteiger partial charge < -0.3 is 20.7 Å². The van der Waals surface area contributed by atoms with Gasteiger partial charge in [0, 0.05) is 18.7 Å². The van der Waals surface area contributed by atoms with Crippen LogP contribution in [0.25, 0.3) is 0 Å². The Hall–Kier alpha value is -1.61. The Morgan fingerprint density at radius 1 is 1.71 bits per heavy atom. The number of nitrogens with two attached hydrogens (primary N) is 1. The van der Waals surface area contributed by atoms with Crippen LogP contribution < -0.4 is 5.73 Å². The van der Waals surface area contributed by atoms with Crippen LogP contribution in [0.15, 0.2) is 4.99 Å². The minimum Gasteiger partial charge on any atom is -0.481 e. The zero-order chi connectivity index (χ0) is 16.0. The van der Waals surface area contributed by atoms with Gasteiger partial charge in [0.25, 0.3) is 0 Å². The lowest BCUT2D eigenvalue weighted by molar-refractivity contribution is -0.161. The van der Waals surface area contributed by atoms with Crippen LogP contribution in [0.4, 0.5) is 0 Å². The molecule has 0 aromatic heterocycles. The molecule has 1 aliphatic rings. The molecule has 9 heteroatoms. The van der Waals surface area contributed by atoms with E-state index in [1.54, 1.807) is 0 Å². The first-order chi connectivity index (χ1) is 9.88. The fraction of sp³-hybridized carbons (Fsp3) is 0.667. The largest absolute Gasteiger partial charge is 0.481 e. The van der Waals surface area contributed by atoms with Gasteiger partial charge in [-0.3, -0.25) is 15.2 Å². The van der Waals surface area contributed by atoms with Gasteiger partial charge in [-0.2, -0.15) is 0 Å². The topological polar surface area (TPSA) is 146 Å². The molecule has 118 valence electrons. The van der Waals surface area contributed by atoms with Gasteiger partial charge in [-0.05, 0) is 6.92 Å². The summed E-state index contributed by atoms with van der Waals surface area (Å²) in [5.74, 6) is -2.72. The SMILES string of the molecule is C[C@@H](O)[C@@H](C(=O)O)C1CC(SCCN=CN)C(=N)C(=O)O1. The number of cyclic esters (lactones) is 1. The summed E-state index contributed by atoms with van der Waals surface area (Å²) in [7, 11) is 0. The van der Waals surface area contributed by atoms with E-state index in [2.05, 4.69) is 4.99 Å². The highest BCUT2D eigenvalue weighted by molar-refractivity contribution is 8.00. The Labute approximate surface area is 126 Å². The van der Waals surface area contributed by atoms with Gasteiger partial charge >= 0.3 is 11.9 Å². The lowest BCUT2D eigenvalue weighted by Gasteiger charge is -2.33. The molecule has 0 amide bonds. The van der Waals surface area contributed by atoms with E-state index in [-0.39, 0.29) is 12.1 Å². The number of aliphatic hydroxyl groups is 1. The first-order valence-electron chi connectivity index (χ1n) is 6.40. The third-order valence-corrected chi connectivity index (χ3v) is 4.35. The summed E-state index contributed by atoms with van der Waals surface area (Å²) in [5.41, 5.74) is 4.92. The van der Waals surface area contributed by atoms with Crippen LogP contribution in [0.1, 0.15) is 13.3 Å². The van der Waals surface area contributed by atoms with E-state index in [0.29, 0.717) is 12.3 Å². The maximum absolute atomic E-state index is 11.7. The maximum Gasteiger partial charge on any atom is 0.353 e. The van der Waals surface area contributed by atoms with Crippen molar-refractivity contribution in [3.8, 4) is 0 Å². The van der Waals surface area contributed by atoms with Crippen molar-refractivity contribution < 1.29 is 24.5 Å². The number of aliphatic imine (C=N–C) groups is 1. The Morgan fingerprint density at radius 2 is 2.38 bits per heavy atom. The first-order valence-corrected chi connectivity index (χ1v) is 7.45. The lowest BCUT2D eigenvalue weighted by Crippen LogP contribution is -2.48. The van der Waals surface area contributed by atoms with Crippen molar-refractivity contribution in [3.63, 3.8) is 0 Å². The summed E-state index contributed by atoms with van der Waals surface area (Å²) in [6.45, 7) is 1.79. The summed E-state index contributed by atoms with van der Waals surface area (Å²) in [6, 6.07) is 0. The van der Waals surface area contributed by atoms with Crippen molar-refractivity contribution in [3.05, 3.63) is 0 Å². The van der Waals surface area contributed by atoms with E-state index >= 15 is 0 Å². The number of carbonyl (C=O) groups excluding carboxylic acids is 1. The fourth-order valence-electron chi connectivity index (χ4n) is 2.08. The second-order valence-corrected chi connectivity index (χ2v) is 5.92. The molecule has 0 saturated carbocycles. The Morgan fingerprint density at radius 3 is 2.90 bits per heavy atom. The van der Waals surface area contributed by atoms with Crippen molar-refractivity contribution >= 4 is 35.8 Å². The number of hydrogen-bond donors (Lipinski definition) is 4. The van der Waals surface area contributed by atoms with Crippen molar-refractivity contribution in [1.82, 2.24) is 0 Å². The van der Waals surface area contributed by atoms with Gasteiger partial charge in [0.05, 0.1) is 17.7 Å². The van der Waals surface area contributed by atoms with E-state index in [0.717, 1.165) is 0 Å². The fourth-order valence-corrected chi connectivity index (χ4v) is 3.16. The zero-order valence-electron chi connectivity index (χ0n) is 11.6. The summed E-state index contributed by atoms with van der Waals surface area (Å²) in [6.07, 6.45) is -0.735. The molecule has 0 aromatic carbocycles. The van der Waals surface area contributed by atoms with Crippen LogP contribution in [0.3, 0.4) is 0 Å². The highest BCUT2D eigenvalue weighted by Crippen LogP contribution is 2.29. The molecule has 2 unspecified atom stereocenters. The third-order valence-electron chi connectivity index (χ3n) is 3.10. The maximum atomic E-state index is 11.7. The van der Waals surface area contributed by atoms with E-state index < -0.39 is 35.3 Å². The minimum atomic E-state index is -1.23. The Bertz CT molecular complexity index is 441. The number of aliphatic hydroxyl groups excluding tert-OH is 1. The summed E-state index contributed by atoms with van der Waals surface area (Å²) in [5, 5.41) is 25.9. The molecule has 0 aromatic rings. The molecular formula is C12H19N3O5S. The van der Waals surface area contributed by atoms with Crippen LogP contribution in [0.5, 0.6) is 0 Å². The number of nitrogens with zero attached hydrogens (tertiary/aromatic N) is 1. The molecule has 1 aliphatic heterocycles. The first kappa shape index (κ1) is 17.4. The highest BCUT2D eigenvalue weighted by Gasteiger charge is 2.42. The molecule has 1 fully saturated rings. The van der Waals surface area contributed by atoms with Gasteiger partial charge in [0.1, 0.15) is 17.7 Å². The van der Waals surface area contributed by atoms with Gasteiger partial charge in [0.15, 0.2) is 0 Å². The van der Waals surface area contributed by atoms with E-state index in [4.69, 9.17) is 21.0 Å². The highest BCUT2D eigenvalue weighted by atomic mass is 32.2. The average molecular weight is 317 g/mol. The lowest BCUT2D eigenvalue weighted by atomic mass is 9.91. The number of ether oxygens (including phenoxy) is 1. The number of esters is 1. The summed E-state index contributed by atoms with van der Waals surface area (Å²) < 4.78 is 4.97. The molecule has 5 N–H and O–H groups in total. The average Bonchev–Trinajstić information content (AvgIpc) is 2.39. The van der Waals surface area contributed by atoms with Gasteiger partial charge in [-0.1, -0.05) is 0 Å². The van der Waals surface area contributed by atoms with Crippen LogP contribution in [0.2, 0.25) is 0 Å². The Kier molecular flexibility index (Phi) is 6.63. The van der Waals surface area contributed by atoms with Gasteiger partial charge in [-0.15, -0.1) is 11.8 Å². The predicted molar refractivity (Wildman–Crippen MR) is 78.8 cm³/mol. The number of carboxylic acid groups (broad SMARTS) is 1. The summed E-state index contributed by atoms with van der Waals surface area (Å²) in [4.78, 5) is 26.7. The van der Waals surface area contributed by atoms with Crippen LogP contribution >= 0.6 is 11.8 Å². The molecule has 8 nitrogen and oxygen atoms in total. The van der Waals surface area contributed by atoms with Crippen molar-refractivity contribution in [1.29, 1.82) is 5.41 Å². The standard InChI is InChI=1S/C12H19N3O5S/c1-6(16)9(11(17)18)7-4-8(10(14)12(19)20-7)21-3-2-15-5-13/h5-9,14,16H,2-4H2,1H3,(H2,13,15)(H,17,18)/t6-,7?,8?,9-/m1/s1. The molecule has 0 aliphatic carbocycles. The molecule has 21 heavy (non-hydrogen) atoms. The normalized spacial score (nSPS) is 25.6. The second kappa shape index (κ2) is 7.99. The number of carboxylic acids is 1. The number of carbonyl (C=O) groups is 2. The summed E-state index contributed by atoms with van der Waals surface area (Å²) >= 11 is 1.32. The predicted octanol–water partition coefficient (Wildman–Crippen LogP) is -0.508. The van der Waals surface area contributed by atoms with Crippen LogP contribution in [-0.4, -0.2) is 64.0 Å². The molecule has 1 heterocycles. The smallest absolute Gasteiger partial charge is 0.353 e. The zero-order valence-corrected chi connectivity index (χ0v) is 12.4. The third kappa shape index (κ3) is 4.71. The number of hydrogen-bond acceptors (Lipinski definition) is 7. The van der Waals surface area contributed by atoms with Crippen molar-refractivity contribution in [2.45, 2.75) is 30.8 Å². The molecule has 0 bridgehead atoms. The molecule has 4 atom stereocenters. The number of rotatable bonds is 7. The number of thioether (sulfide) groups is 1. The van der Waals surface area contributed by atoms with E-state index in [1.807, 2.05) is 0 Å². The van der Waals surface area contributed by atoms with Crippen LogP contribution in [-0.2, 0) is 14.3 Å². The molecule has 1 saturated heterocycles. The quantitative estimate of drug-likeness (QED) is 0.214. The molecule has 1 rings (SSSR count). The van der Waals surface area contributed by atoms with E-state index in [1.165, 1.54) is 25.0 Å². The molecule has 0 radical (unpaired) electrons. The molecule has 0 spiro atoms. The monoisotopic (exact) mass is 317 g/mol. The second-order valence-electron chi connectivity index (χ2n) is 4.61.